The number of piperidine rings is 1. The predicted octanol–water partition coefficient (Wildman–Crippen LogP) is 1.49. The quantitative estimate of drug-likeness (QED) is 0.569. The van der Waals surface area contributed by atoms with Crippen molar-refractivity contribution in [1.82, 2.24) is 4.90 Å². The van der Waals surface area contributed by atoms with Gasteiger partial charge in [0.05, 0.1) is 6.07 Å². The minimum atomic E-state index is 0.234. The maximum atomic E-state index is 8.70. The lowest BCUT2D eigenvalue weighted by Crippen LogP contribution is -2.34. The summed E-state index contributed by atoms with van der Waals surface area (Å²) >= 11 is 0. The molecule has 2 unspecified atom stereocenters. The highest BCUT2D eigenvalue weighted by Gasteiger charge is 2.21. The van der Waals surface area contributed by atoms with Gasteiger partial charge in [-0.15, -0.1) is 0 Å². The van der Waals surface area contributed by atoms with E-state index in [0.29, 0.717) is 5.92 Å². The van der Waals surface area contributed by atoms with Gasteiger partial charge < -0.3 is 4.90 Å². The summed E-state index contributed by atoms with van der Waals surface area (Å²) in [6, 6.07) is 2.33. The Balaban J connectivity index is 2.40. The van der Waals surface area contributed by atoms with E-state index in [1.807, 2.05) is 6.92 Å². The molecule has 1 rings (SSSR count). The van der Waals surface area contributed by atoms with E-state index in [2.05, 4.69) is 18.0 Å². The summed E-state index contributed by atoms with van der Waals surface area (Å²) in [5.74, 6) is 0.844. The molecule has 1 saturated heterocycles. The van der Waals surface area contributed by atoms with Crippen LogP contribution >= 0.6 is 0 Å². The highest BCUT2D eigenvalue weighted by atomic mass is 15.1. The van der Waals surface area contributed by atoms with Crippen molar-refractivity contribution >= 4 is 0 Å². The summed E-state index contributed by atoms with van der Waals surface area (Å²) in [5.41, 5.74) is 0. The molecule has 2 nitrogen and oxygen atoms in total. The van der Waals surface area contributed by atoms with Crippen LogP contribution in [0.25, 0.3) is 0 Å². The van der Waals surface area contributed by atoms with Gasteiger partial charge in [-0.2, -0.15) is 5.26 Å². The lowest BCUT2D eigenvalue weighted by molar-refractivity contribution is 0.185. The van der Waals surface area contributed by atoms with Crippen molar-refractivity contribution in [3.8, 4) is 6.07 Å². The maximum Gasteiger partial charge on any atom is 0.0656 e. The Bertz CT molecular complexity index is 159. The van der Waals surface area contributed by atoms with Crippen molar-refractivity contribution in [2.24, 2.45) is 11.8 Å². The molecule has 1 aliphatic heterocycles. The van der Waals surface area contributed by atoms with Crippen molar-refractivity contribution < 1.29 is 0 Å². The van der Waals surface area contributed by atoms with Gasteiger partial charge in [-0.1, -0.05) is 0 Å². The zero-order valence-electron chi connectivity index (χ0n) is 7.38. The first kappa shape index (κ1) is 8.55. The summed E-state index contributed by atoms with van der Waals surface area (Å²) in [6.07, 6.45) is 2.49. The van der Waals surface area contributed by atoms with Crippen LogP contribution in [0.3, 0.4) is 0 Å². The fourth-order valence-corrected chi connectivity index (χ4v) is 1.72. The molecular formula is C9H16N2. The van der Waals surface area contributed by atoms with Crippen LogP contribution in [0, 0.1) is 23.2 Å². The molecule has 1 heterocycles. The summed E-state index contributed by atoms with van der Waals surface area (Å²) in [5, 5.41) is 8.70. The minimum absolute atomic E-state index is 0.234. The van der Waals surface area contributed by atoms with Crippen molar-refractivity contribution in [3.05, 3.63) is 0 Å². The second kappa shape index (κ2) is 3.73. The van der Waals surface area contributed by atoms with Crippen LogP contribution in [0.4, 0.5) is 0 Å². The average molecular weight is 152 g/mol. The molecule has 0 aromatic heterocycles. The first-order valence-electron chi connectivity index (χ1n) is 4.32. The first-order chi connectivity index (χ1) is 5.24. The normalized spacial score (nSPS) is 29.4. The zero-order chi connectivity index (χ0) is 8.27. The molecule has 0 radical (unpaired) electrons. The van der Waals surface area contributed by atoms with Gasteiger partial charge in [-0.3, -0.25) is 0 Å². The van der Waals surface area contributed by atoms with Gasteiger partial charge in [-0.25, -0.2) is 0 Å². The molecule has 0 aliphatic carbocycles. The smallest absolute Gasteiger partial charge is 0.0656 e. The molecule has 62 valence electrons. The summed E-state index contributed by atoms with van der Waals surface area (Å²) < 4.78 is 0. The molecule has 1 aliphatic rings. The van der Waals surface area contributed by atoms with Crippen molar-refractivity contribution in [1.29, 1.82) is 5.26 Å². The Morgan fingerprint density at radius 1 is 1.64 bits per heavy atom. The van der Waals surface area contributed by atoms with E-state index in [-0.39, 0.29) is 5.92 Å². The van der Waals surface area contributed by atoms with Gasteiger partial charge in [-0.05, 0) is 39.3 Å². The lowest BCUT2D eigenvalue weighted by atomic mass is 9.88. The second-order valence-corrected chi connectivity index (χ2v) is 3.58. The van der Waals surface area contributed by atoms with Gasteiger partial charge in [0.2, 0.25) is 0 Å². The Morgan fingerprint density at radius 2 is 2.36 bits per heavy atom. The van der Waals surface area contributed by atoms with Crippen LogP contribution in [-0.4, -0.2) is 25.0 Å². The molecule has 0 aromatic carbocycles. The van der Waals surface area contributed by atoms with Gasteiger partial charge in [0.25, 0.3) is 0 Å². The van der Waals surface area contributed by atoms with Crippen LogP contribution in [-0.2, 0) is 0 Å². The largest absolute Gasteiger partial charge is 0.306 e. The van der Waals surface area contributed by atoms with Gasteiger partial charge in [0.15, 0.2) is 0 Å². The highest BCUT2D eigenvalue weighted by Crippen LogP contribution is 2.22. The van der Waals surface area contributed by atoms with Crippen LogP contribution in [0.2, 0.25) is 0 Å². The van der Waals surface area contributed by atoms with Crippen LogP contribution in [0.15, 0.2) is 0 Å². The van der Waals surface area contributed by atoms with E-state index in [0.717, 1.165) is 6.54 Å². The van der Waals surface area contributed by atoms with E-state index < -0.39 is 0 Å². The average Bonchev–Trinajstić information content (AvgIpc) is 2.03. The molecule has 0 amide bonds. The molecule has 0 saturated carbocycles. The molecule has 1 fully saturated rings. The Labute approximate surface area is 68.8 Å². The Morgan fingerprint density at radius 3 is 2.91 bits per heavy atom. The third-order valence-corrected chi connectivity index (χ3v) is 2.57. The van der Waals surface area contributed by atoms with Gasteiger partial charge in [0, 0.05) is 12.5 Å². The number of nitrogens with zero attached hydrogens (tertiary/aromatic N) is 2. The molecule has 0 N–H and O–H groups in total. The molecule has 0 aromatic rings. The molecule has 0 bridgehead atoms. The second-order valence-electron chi connectivity index (χ2n) is 3.58. The third-order valence-electron chi connectivity index (χ3n) is 2.57. The summed E-state index contributed by atoms with van der Waals surface area (Å²) in [4.78, 5) is 2.32. The Kier molecular flexibility index (Phi) is 2.90. The molecular weight excluding hydrogens is 136 g/mol. The molecule has 11 heavy (non-hydrogen) atoms. The number of rotatable bonds is 1. The SMILES string of the molecule is CC(C#N)C1CCCN(C)C1. The fourth-order valence-electron chi connectivity index (χ4n) is 1.72. The Hall–Kier alpha value is -0.550. The van der Waals surface area contributed by atoms with Gasteiger partial charge in [0.1, 0.15) is 0 Å². The van der Waals surface area contributed by atoms with E-state index in [1.54, 1.807) is 0 Å². The molecule has 2 atom stereocenters. The number of hydrogen-bond acceptors (Lipinski definition) is 2. The number of hydrogen-bond donors (Lipinski definition) is 0. The van der Waals surface area contributed by atoms with Crippen molar-refractivity contribution in [2.75, 3.05) is 20.1 Å². The standard InChI is InChI=1S/C9H16N2/c1-8(6-10)9-4-3-5-11(2)7-9/h8-9H,3-5,7H2,1-2H3. The summed E-state index contributed by atoms with van der Waals surface area (Å²) in [6.45, 7) is 4.34. The minimum Gasteiger partial charge on any atom is -0.306 e. The van der Waals surface area contributed by atoms with E-state index in [1.165, 1.54) is 19.4 Å². The van der Waals surface area contributed by atoms with Crippen molar-refractivity contribution in [3.63, 3.8) is 0 Å². The maximum absolute atomic E-state index is 8.70. The van der Waals surface area contributed by atoms with E-state index >= 15 is 0 Å². The molecule has 0 spiro atoms. The zero-order valence-corrected chi connectivity index (χ0v) is 7.38. The summed E-state index contributed by atoms with van der Waals surface area (Å²) in [7, 11) is 2.14. The third kappa shape index (κ3) is 2.20. The predicted molar refractivity (Wildman–Crippen MR) is 45.0 cm³/mol. The topological polar surface area (TPSA) is 27.0 Å². The monoisotopic (exact) mass is 152 g/mol. The van der Waals surface area contributed by atoms with Gasteiger partial charge >= 0.3 is 0 Å². The number of nitriles is 1. The number of likely N-dealkylation sites (tertiary alicyclic amines) is 1. The van der Waals surface area contributed by atoms with E-state index in [9.17, 15) is 0 Å². The highest BCUT2D eigenvalue weighted by molar-refractivity contribution is 4.87. The van der Waals surface area contributed by atoms with Crippen LogP contribution < -0.4 is 0 Å². The van der Waals surface area contributed by atoms with E-state index in [4.69, 9.17) is 5.26 Å². The van der Waals surface area contributed by atoms with Crippen LogP contribution in [0.5, 0.6) is 0 Å². The first-order valence-corrected chi connectivity index (χ1v) is 4.32. The van der Waals surface area contributed by atoms with Crippen LogP contribution in [0.1, 0.15) is 19.8 Å². The van der Waals surface area contributed by atoms with Crippen molar-refractivity contribution in [2.45, 2.75) is 19.8 Å². The molecule has 2 heteroatoms. The lowest BCUT2D eigenvalue weighted by Gasteiger charge is -2.30. The fraction of sp³-hybridized carbons (Fsp3) is 0.889.